The third kappa shape index (κ3) is 4.77. The number of aromatic nitrogens is 1. The average Bonchev–Trinajstić information content (AvgIpc) is 2.49. The summed E-state index contributed by atoms with van der Waals surface area (Å²) in [5.74, 6) is 1.07. The smallest absolute Gasteiger partial charge is 0.276 e. The van der Waals surface area contributed by atoms with Crippen LogP contribution in [0.5, 0.6) is 0 Å². The minimum absolute atomic E-state index is 0.0474. The second-order valence-electron chi connectivity index (χ2n) is 4.83. The zero-order valence-corrected chi connectivity index (χ0v) is 13.9. The highest BCUT2D eigenvalue weighted by molar-refractivity contribution is 8.00. The van der Waals surface area contributed by atoms with Crippen molar-refractivity contribution in [2.45, 2.75) is 38.4 Å². The maximum atomic E-state index is 11.0. The molecule has 6 nitrogen and oxygen atoms in total. The molecule has 0 unspecified atom stereocenters. The van der Waals surface area contributed by atoms with E-state index in [1.165, 1.54) is 12.1 Å². The molecule has 0 aromatic carbocycles. The molecule has 0 saturated carbocycles. The lowest BCUT2D eigenvalue weighted by Crippen LogP contribution is -2.32. The van der Waals surface area contributed by atoms with Gasteiger partial charge in [0.2, 0.25) is 0 Å². The maximum Gasteiger partial charge on any atom is 0.276 e. The second kappa shape index (κ2) is 8.07. The lowest BCUT2D eigenvalue weighted by molar-refractivity contribution is -0.384. The summed E-state index contributed by atoms with van der Waals surface area (Å²) in [7, 11) is 0. The van der Waals surface area contributed by atoms with Gasteiger partial charge in [0, 0.05) is 17.8 Å². The minimum Gasteiger partial charge on any atom is -0.370 e. The highest BCUT2D eigenvalue weighted by Gasteiger charge is 2.25. The molecule has 7 heteroatoms. The van der Waals surface area contributed by atoms with E-state index >= 15 is 0 Å². The second-order valence-corrected chi connectivity index (χ2v) is 6.11. The number of anilines is 2. The Morgan fingerprint density at radius 3 is 2.24 bits per heavy atom. The molecule has 1 rings (SSSR count). The van der Waals surface area contributed by atoms with Gasteiger partial charge in [-0.25, -0.2) is 4.98 Å². The van der Waals surface area contributed by atoms with E-state index < -0.39 is 4.92 Å². The minimum atomic E-state index is -0.394. The van der Waals surface area contributed by atoms with Crippen LogP contribution in [-0.4, -0.2) is 34.0 Å². The van der Waals surface area contributed by atoms with Gasteiger partial charge < -0.3 is 10.6 Å². The fourth-order valence-electron chi connectivity index (χ4n) is 2.10. The molecule has 0 aliphatic heterocycles. The normalized spacial score (nSPS) is 11.2. The van der Waals surface area contributed by atoms with Crippen LogP contribution >= 0.6 is 11.8 Å². The zero-order valence-electron chi connectivity index (χ0n) is 13.1. The molecule has 2 N–H and O–H groups in total. The van der Waals surface area contributed by atoms with Gasteiger partial charge in [-0.3, -0.25) is 10.1 Å². The summed E-state index contributed by atoms with van der Waals surface area (Å²) in [6.45, 7) is 7.66. The first-order valence-corrected chi connectivity index (χ1v) is 8.42. The van der Waals surface area contributed by atoms with Crippen molar-refractivity contribution in [3.05, 3.63) is 22.2 Å². The van der Waals surface area contributed by atoms with Crippen molar-refractivity contribution < 1.29 is 4.92 Å². The Morgan fingerprint density at radius 1 is 1.24 bits per heavy atom. The number of rotatable bonds is 9. The van der Waals surface area contributed by atoms with E-state index in [1.54, 1.807) is 0 Å². The summed E-state index contributed by atoms with van der Waals surface area (Å²) in [5, 5.41) is 17.3. The highest BCUT2D eigenvalue weighted by atomic mass is 32.2. The summed E-state index contributed by atoms with van der Waals surface area (Å²) in [6.07, 6.45) is 4.17. The van der Waals surface area contributed by atoms with Crippen LogP contribution in [0.4, 0.5) is 17.3 Å². The van der Waals surface area contributed by atoms with Crippen LogP contribution < -0.4 is 10.6 Å². The topological polar surface area (TPSA) is 80.1 Å². The molecule has 1 aromatic rings. The Bertz CT molecular complexity index is 470. The molecule has 0 amide bonds. The molecule has 118 valence electrons. The number of hydrogen-bond donors (Lipinski definition) is 2. The number of nitrogens with zero attached hydrogens (tertiary/aromatic N) is 2. The quantitative estimate of drug-likeness (QED) is 0.534. The summed E-state index contributed by atoms with van der Waals surface area (Å²) in [4.78, 5) is 15.0. The van der Waals surface area contributed by atoms with Gasteiger partial charge in [0.25, 0.3) is 5.69 Å². The average molecular weight is 312 g/mol. The van der Waals surface area contributed by atoms with Gasteiger partial charge >= 0.3 is 0 Å². The standard InChI is InChI=1S/C14H24N4O2S/c1-5-14(6-2,21-4)10-16-13-9-11(18(19)20)8-12(17-13)15-7-3/h8-9H,5-7,10H2,1-4H3,(H2,15,16,17). The van der Waals surface area contributed by atoms with Crippen LogP contribution in [0.2, 0.25) is 0 Å². The number of nitrogens with one attached hydrogen (secondary N) is 2. The Hall–Kier alpha value is -1.50. The van der Waals surface area contributed by atoms with Gasteiger partial charge in [-0.05, 0) is 26.0 Å². The fraction of sp³-hybridized carbons (Fsp3) is 0.643. The van der Waals surface area contributed by atoms with Gasteiger partial charge in [-0.15, -0.1) is 0 Å². The molecular formula is C14H24N4O2S. The van der Waals surface area contributed by atoms with Crippen molar-refractivity contribution in [1.29, 1.82) is 0 Å². The Labute approximate surface area is 130 Å². The van der Waals surface area contributed by atoms with E-state index in [0.29, 0.717) is 18.2 Å². The predicted octanol–water partition coefficient (Wildman–Crippen LogP) is 3.76. The molecule has 0 atom stereocenters. The van der Waals surface area contributed by atoms with Crippen LogP contribution in [0, 0.1) is 10.1 Å². The Morgan fingerprint density at radius 2 is 1.81 bits per heavy atom. The van der Waals surface area contributed by atoms with Crippen LogP contribution in [0.15, 0.2) is 12.1 Å². The molecule has 1 heterocycles. The van der Waals surface area contributed by atoms with Crippen LogP contribution in [0.25, 0.3) is 0 Å². The molecule has 1 aromatic heterocycles. The Kier molecular flexibility index (Phi) is 6.74. The van der Waals surface area contributed by atoms with Gasteiger partial charge in [-0.2, -0.15) is 11.8 Å². The van der Waals surface area contributed by atoms with Gasteiger partial charge in [0.05, 0.1) is 17.1 Å². The van der Waals surface area contributed by atoms with Crippen molar-refractivity contribution in [3.63, 3.8) is 0 Å². The van der Waals surface area contributed by atoms with E-state index in [0.717, 1.165) is 19.4 Å². The molecule has 21 heavy (non-hydrogen) atoms. The van der Waals surface area contributed by atoms with Gasteiger partial charge in [-0.1, -0.05) is 13.8 Å². The van der Waals surface area contributed by atoms with Crippen LogP contribution in [0.3, 0.4) is 0 Å². The number of hydrogen-bond acceptors (Lipinski definition) is 6. The monoisotopic (exact) mass is 312 g/mol. The van der Waals surface area contributed by atoms with E-state index in [4.69, 9.17) is 0 Å². The predicted molar refractivity (Wildman–Crippen MR) is 90.4 cm³/mol. The lowest BCUT2D eigenvalue weighted by Gasteiger charge is -2.30. The highest BCUT2D eigenvalue weighted by Crippen LogP contribution is 2.31. The lowest BCUT2D eigenvalue weighted by atomic mass is 10.0. The molecule has 0 radical (unpaired) electrons. The summed E-state index contributed by atoms with van der Waals surface area (Å²) >= 11 is 1.82. The first-order valence-electron chi connectivity index (χ1n) is 7.19. The number of thioether (sulfide) groups is 1. The number of nitro groups is 1. The molecule has 0 spiro atoms. The van der Waals surface area contributed by atoms with Crippen molar-refractivity contribution in [2.75, 3.05) is 30.0 Å². The van der Waals surface area contributed by atoms with Gasteiger partial charge in [0.15, 0.2) is 0 Å². The van der Waals surface area contributed by atoms with E-state index in [1.807, 2.05) is 18.7 Å². The van der Waals surface area contributed by atoms with Crippen LogP contribution in [-0.2, 0) is 0 Å². The summed E-state index contributed by atoms with van der Waals surface area (Å²) < 4.78 is 0.130. The molecule has 0 aliphatic carbocycles. The molecule has 0 fully saturated rings. The van der Waals surface area contributed by atoms with Crippen molar-refractivity contribution in [3.8, 4) is 0 Å². The SMILES string of the molecule is CCNc1cc([N+](=O)[O-])cc(NCC(CC)(CC)SC)n1. The molecular weight excluding hydrogens is 288 g/mol. The van der Waals surface area contributed by atoms with E-state index in [-0.39, 0.29) is 10.4 Å². The molecule has 0 aliphatic rings. The Balaban J connectivity index is 2.93. The first-order chi connectivity index (χ1) is 10.00. The van der Waals surface area contributed by atoms with Gasteiger partial charge in [0.1, 0.15) is 11.6 Å². The zero-order chi connectivity index (χ0) is 15.9. The van der Waals surface area contributed by atoms with Crippen LogP contribution in [0.1, 0.15) is 33.6 Å². The number of pyridine rings is 1. The molecule has 0 saturated heterocycles. The fourth-order valence-corrected chi connectivity index (χ4v) is 2.89. The van der Waals surface area contributed by atoms with E-state index in [2.05, 4.69) is 35.7 Å². The largest absolute Gasteiger partial charge is 0.370 e. The third-order valence-electron chi connectivity index (χ3n) is 3.69. The first kappa shape index (κ1) is 17.6. The maximum absolute atomic E-state index is 11.0. The van der Waals surface area contributed by atoms with E-state index in [9.17, 15) is 10.1 Å². The summed E-state index contributed by atoms with van der Waals surface area (Å²) in [6, 6.07) is 2.94. The molecule has 0 bridgehead atoms. The third-order valence-corrected chi connectivity index (χ3v) is 5.28. The van der Waals surface area contributed by atoms with Crippen molar-refractivity contribution >= 4 is 29.1 Å². The van der Waals surface area contributed by atoms with Crippen molar-refractivity contribution in [1.82, 2.24) is 4.98 Å². The summed E-state index contributed by atoms with van der Waals surface area (Å²) in [5.41, 5.74) is 0.0474. The van der Waals surface area contributed by atoms with Crippen molar-refractivity contribution in [2.24, 2.45) is 0 Å².